The van der Waals surface area contributed by atoms with Crippen LogP contribution in [0.5, 0.6) is 0 Å². The summed E-state index contributed by atoms with van der Waals surface area (Å²) in [5.74, 6) is -0.0266. The van der Waals surface area contributed by atoms with Crippen LogP contribution < -0.4 is 11.1 Å². The van der Waals surface area contributed by atoms with Crippen LogP contribution in [0.4, 0.5) is 4.79 Å². The molecule has 3 amide bonds. The summed E-state index contributed by atoms with van der Waals surface area (Å²) >= 11 is 0. The van der Waals surface area contributed by atoms with Crippen LogP contribution >= 0.6 is 0 Å². The first-order valence-electron chi connectivity index (χ1n) is 6.10. The number of urea groups is 1. The lowest BCUT2D eigenvalue weighted by atomic mass is 9.85. The highest BCUT2D eigenvalue weighted by molar-refractivity contribution is 5.87. The number of primary amides is 1. The minimum absolute atomic E-state index is 0.0266. The number of hydrogen-bond donors (Lipinski definition) is 2. The lowest BCUT2D eigenvalue weighted by molar-refractivity contribution is -0.136. The van der Waals surface area contributed by atoms with Gasteiger partial charge in [-0.2, -0.15) is 0 Å². The summed E-state index contributed by atoms with van der Waals surface area (Å²) in [5, 5.41) is 2.56. The number of nitrogens with two attached hydrogens (primary N) is 1. The Hall–Kier alpha value is -1.26. The van der Waals surface area contributed by atoms with Gasteiger partial charge in [-0.25, -0.2) is 4.79 Å². The van der Waals surface area contributed by atoms with Crippen molar-refractivity contribution in [2.75, 3.05) is 6.54 Å². The lowest BCUT2D eigenvalue weighted by Crippen LogP contribution is -2.56. The first kappa shape index (κ1) is 13.8. The van der Waals surface area contributed by atoms with Gasteiger partial charge < -0.3 is 16.0 Å². The molecule has 0 spiro atoms. The van der Waals surface area contributed by atoms with Crippen molar-refractivity contribution in [1.82, 2.24) is 10.2 Å². The van der Waals surface area contributed by atoms with Gasteiger partial charge in [0.2, 0.25) is 5.91 Å². The summed E-state index contributed by atoms with van der Waals surface area (Å²) in [6.07, 6.45) is 2.06. The molecule has 3 N–H and O–H groups in total. The Morgan fingerprint density at radius 1 is 1.41 bits per heavy atom. The van der Waals surface area contributed by atoms with Gasteiger partial charge in [-0.15, -0.1) is 0 Å². The van der Waals surface area contributed by atoms with Crippen molar-refractivity contribution in [3.05, 3.63) is 0 Å². The van der Waals surface area contributed by atoms with Crippen molar-refractivity contribution in [3.8, 4) is 0 Å². The minimum Gasteiger partial charge on any atom is -0.352 e. The van der Waals surface area contributed by atoms with Crippen LogP contribution in [0.1, 0.15) is 40.5 Å². The van der Waals surface area contributed by atoms with Crippen LogP contribution in [0.3, 0.4) is 0 Å². The standard InChI is InChI=1S/C12H23N3O2/c1-8-6-5-7-15(8)10(16)9(12(2,3)4)14-11(13)17/h8-9H,5-7H2,1-4H3,(H3,13,14,17). The van der Waals surface area contributed by atoms with Gasteiger partial charge in [0.15, 0.2) is 0 Å². The summed E-state index contributed by atoms with van der Waals surface area (Å²) in [6.45, 7) is 8.58. The third-order valence-electron chi connectivity index (χ3n) is 3.24. The molecule has 2 unspecified atom stereocenters. The average molecular weight is 241 g/mol. The predicted molar refractivity (Wildman–Crippen MR) is 66.4 cm³/mol. The Morgan fingerprint density at radius 3 is 2.35 bits per heavy atom. The van der Waals surface area contributed by atoms with Gasteiger partial charge in [-0.1, -0.05) is 20.8 Å². The largest absolute Gasteiger partial charge is 0.352 e. The molecule has 0 radical (unpaired) electrons. The highest BCUT2D eigenvalue weighted by atomic mass is 16.2. The number of likely N-dealkylation sites (tertiary alicyclic amines) is 1. The Balaban J connectivity index is 2.83. The molecule has 98 valence electrons. The van der Waals surface area contributed by atoms with Gasteiger partial charge >= 0.3 is 6.03 Å². The molecule has 0 aromatic carbocycles. The molecule has 2 atom stereocenters. The molecule has 1 fully saturated rings. The van der Waals surface area contributed by atoms with Crippen molar-refractivity contribution in [2.45, 2.75) is 52.6 Å². The van der Waals surface area contributed by atoms with Gasteiger partial charge in [0.05, 0.1) is 0 Å². The van der Waals surface area contributed by atoms with E-state index in [1.807, 2.05) is 32.6 Å². The summed E-state index contributed by atoms with van der Waals surface area (Å²) in [6, 6.07) is -0.951. The van der Waals surface area contributed by atoms with Crippen LogP contribution in [-0.2, 0) is 4.79 Å². The first-order valence-corrected chi connectivity index (χ1v) is 6.10. The Bertz CT molecular complexity index is 309. The van der Waals surface area contributed by atoms with Gasteiger partial charge in [-0.05, 0) is 25.2 Å². The van der Waals surface area contributed by atoms with E-state index in [1.165, 1.54) is 0 Å². The molecule has 1 rings (SSSR count). The normalized spacial score (nSPS) is 22.4. The van der Waals surface area contributed by atoms with Gasteiger partial charge in [0, 0.05) is 12.6 Å². The number of rotatable bonds is 2. The number of hydrogen-bond acceptors (Lipinski definition) is 2. The van der Waals surface area contributed by atoms with Crippen LogP contribution in [0.25, 0.3) is 0 Å². The van der Waals surface area contributed by atoms with E-state index in [1.54, 1.807) is 0 Å². The van der Waals surface area contributed by atoms with E-state index in [4.69, 9.17) is 5.73 Å². The molecule has 0 saturated carbocycles. The number of nitrogens with one attached hydrogen (secondary N) is 1. The maximum absolute atomic E-state index is 12.4. The molecule has 0 aliphatic carbocycles. The van der Waals surface area contributed by atoms with Gasteiger partial charge in [0.25, 0.3) is 0 Å². The fourth-order valence-electron chi connectivity index (χ4n) is 2.22. The van der Waals surface area contributed by atoms with Crippen LogP contribution in [0.15, 0.2) is 0 Å². The quantitative estimate of drug-likeness (QED) is 0.759. The third-order valence-corrected chi connectivity index (χ3v) is 3.24. The van der Waals surface area contributed by atoms with E-state index < -0.39 is 12.1 Å². The smallest absolute Gasteiger partial charge is 0.312 e. The molecule has 17 heavy (non-hydrogen) atoms. The number of carbonyl (C=O) groups is 2. The van der Waals surface area contributed by atoms with Crippen molar-refractivity contribution in [2.24, 2.45) is 11.1 Å². The van der Waals surface area contributed by atoms with Crippen LogP contribution in [0.2, 0.25) is 0 Å². The number of nitrogens with zero attached hydrogens (tertiary/aromatic N) is 1. The molecule has 1 aliphatic rings. The summed E-state index contributed by atoms with van der Waals surface area (Å²) in [5.41, 5.74) is 4.80. The third kappa shape index (κ3) is 3.35. The zero-order chi connectivity index (χ0) is 13.2. The summed E-state index contributed by atoms with van der Waals surface area (Å²) < 4.78 is 0. The first-order chi connectivity index (χ1) is 7.73. The highest BCUT2D eigenvalue weighted by Gasteiger charge is 2.37. The Labute approximate surface area is 103 Å². The molecule has 1 saturated heterocycles. The van der Waals surface area contributed by atoms with E-state index in [2.05, 4.69) is 5.32 Å². The van der Waals surface area contributed by atoms with E-state index >= 15 is 0 Å². The van der Waals surface area contributed by atoms with Gasteiger partial charge in [-0.3, -0.25) is 4.79 Å². The average Bonchev–Trinajstić information content (AvgIpc) is 2.58. The van der Waals surface area contributed by atoms with Crippen molar-refractivity contribution in [3.63, 3.8) is 0 Å². The second-order valence-corrected chi connectivity index (χ2v) is 5.83. The molecular weight excluding hydrogens is 218 g/mol. The summed E-state index contributed by atoms with van der Waals surface area (Å²) in [7, 11) is 0. The number of carbonyl (C=O) groups excluding carboxylic acids is 2. The van der Waals surface area contributed by atoms with E-state index in [0.29, 0.717) is 0 Å². The zero-order valence-electron chi connectivity index (χ0n) is 11.1. The molecule has 0 aromatic rings. The fraction of sp³-hybridized carbons (Fsp3) is 0.833. The van der Waals surface area contributed by atoms with E-state index in [0.717, 1.165) is 19.4 Å². The molecular formula is C12H23N3O2. The molecule has 1 heterocycles. The minimum atomic E-state index is -0.648. The molecule has 0 aromatic heterocycles. The topological polar surface area (TPSA) is 75.4 Å². The molecule has 1 aliphatic heterocycles. The zero-order valence-corrected chi connectivity index (χ0v) is 11.1. The molecule has 5 nitrogen and oxygen atoms in total. The molecule has 0 bridgehead atoms. The van der Waals surface area contributed by atoms with E-state index in [9.17, 15) is 9.59 Å². The van der Waals surface area contributed by atoms with Crippen molar-refractivity contribution in [1.29, 1.82) is 0 Å². The number of amides is 3. The maximum Gasteiger partial charge on any atom is 0.312 e. The predicted octanol–water partition coefficient (Wildman–Crippen LogP) is 1.08. The summed E-state index contributed by atoms with van der Waals surface area (Å²) in [4.78, 5) is 25.2. The lowest BCUT2D eigenvalue weighted by Gasteiger charge is -2.34. The maximum atomic E-state index is 12.4. The Morgan fingerprint density at radius 2 is 2.00 bits per heavy atom. The van der Waals surface area contributed by atoms with Gasteiger partial charge in [0.1, 0.15) is 6.04 Å². The SMILES string of the molecule is CC1CCCN1C(=O)C(NC(N)=O)C(C)(C)C. The van der Waals surface area contributed by atoms with E-state index in [-0.39, 0.29) is 17.4 Å². The molecule has 5 heteroatoms. The monoisotopic (exact) mass is 241 g/mol. The fourth-order valence-corrected chi connectivity index (χ4v) is 2.22. The second-order valence-electron chi connectivity index (χ2n) is 5.83. The highest BCUT2D eigenvalue weighted by Crippen LogP contribution is 2.25. The van der Waals surface area contributed by atoms with Crippen molar-refractivity contribution < 1.29 is 9.59 Å². The second kappa shape index (κ2) is 4.94. The van der Waals surface area contributed by atoms with Crippen molar-refractivity contribution >= 4 is 11.9 Å². The van der Waals surface area contributed by atoms with Crippen LogP contribution in [0, 0.1) is 5.41 Å². The Kier molecular flexibility index (Phi) is 4.01. The van der Waals surface area contributed by atoms with Crippen LogP contribution in [-0.4, -0.2) is 35.5 Å².